The van der Waals surface area contributed by atoms with Gasteiger partial charge >= 0.3 is 23.5 Å². The molecule has 15 heteroatoms. The van der Waals surface area contributed by atoms with E-state index in [0.717, 1.165) is 44.4 Å². The number of hydrogen-bond acceptors (Lipinski definition) is 11. The molecule has 8 rings (SSSR count). The van der Waals surface area contributed by atoms with E-state index < -0.39 is 80.6 Å². The summed E-state index contributed by atoms with van der Waals surface area (Å²) >= 11 is 4.83. The predicted molar refractivity (Wildman–Crippen MR) is 251 cm³/mol. The number of hydrogen-bond donors (Lipinski definition) is 2. The largest absolute Gasteiger partial charge is 0.496 e. The van der Waals surface area contributed by atoms with Crippen LogP contribution in [0.1, 0.15) is 119 Å². The zero-order valence-corrected chi connectivity index (χ0v) is 36.7. The molecule has 0 atom stereocenters. The lowest BCUT2D eigenvalue weighted by atomic mass is 10.0. The zero-order chi connectivity index (χ0) is 62.8. The number of methoxy groups -OCH3 is 4. The summed E-state index contributed by atoms with van der Waals surface area (Å²) in [7, 11) is 9.55. The number of benzene rings is 4. The molecule has 1 amide bonds. The van der Waals surface area contributed by atoms with Gasteiger partial charge in [0.2, 0.25) is 0 Å². The van der Waals surface area contributed by atoms with Crippen molar-refractivity contribution in [2.24, 2.45) is 14.1 Å². The minimum absolute atomic E-state index is 0.150. The lowest BCUT2D eigenvalue weighted by Gasteiger charge is -2.12. The maximum absolute atomic E-state index is 12.8. The molecule has 0 bridgehead atoms. The number of nitrogens with one attached hydrogen (secondary N) is 1. The van der Waals surface area contributed by atoms with Gasteiger partial charge in [0.1, 0.15) is 23.7 Å². The number of halogens is 1. The maximum Gasteiger partial charge on any atom is 0.411 e. The van der Waals surface area contributed by atoms with Crippen LogP contribution in [0.15, 0.2) is 85.2 Å². The molecule has 6 aromatic rings. The average molecular weight is 928 g/mol. The Morgan fingerprint density at radius 1 is 0.662 bits per heavy atom. The first-order valence-electron chi connectivity index (χ1n) is 28.4. The number of aromatic nitrogens is 2. The first-order valence-corrected chi connectivity index (χ1v) is 19.7. The lowest BCUT2D eigenvalue weighted by Crippen LogP contribution is -2.20. The summed E-state index contributed by atoms with van der Waals surface area (Å²) in [4.78, 5) is 47.0. The van der Waals surface area contributed by atoms with Crippen molar-refractivity contribution in [2.45, 2.75) is 76.0 Å². The Morgan fingerprint density at radius 2 is 1.12 bits per heavy atom. The Kier molecular flexibility index (Phi) is 9.94. The van der Waals surface area contributed by atoms with E-state index in [1.807, 2.05) is 49.1 Å². The number of aryl methyl sites for hydroxylation is 2. The van der Waals surface area contributed by atoms with Gasteiger partial charge in [0, 0.05) is 106 Å². The van der Waals surface area contributed by atoms with Gasteiger partial charge in [0.05, 0.1) is 42.3 Å². The number of ether oxygens (including phenoxy) is 6. The third-order valence-corrected chi connectivity index (χ3v) is 9.88. The molecule has 2 aromatic heterocycles. The molecular formula is C50H57ClN4O10. The summed E-state index contributed by atoms with van der Waals surface area (Å²) in [5, 5.41) is 4.14. The highest BCUT2D eigenvalue weighted by atomic mass is 35.5. The third kappa shape index (κ3) is 12.3. The molecular weight excluding hydrogens is 852 g/mol. The number of amides is 1. The summed E-state index contributed by atoms with van der Waals surface area (Å²) in [6.45, 7) is 0. The highest BCUT2D eigenvalue weighted by Gasteiger charge is 2.21. The van der Waals surface area contributed by atoms with Crippen LogP contribution in [0.3, 0.4) is 0 Å². The van der Waals surface area contributed by atoms with Crippen molar-refractivity contribution in [3.63, 3.8) is 0 Å². The summed E-state index contributed by atoms with van der Waals surface area (Å²) in [6.07, 6.45) is -31.1. The number of nitrogens with two attached hydrogens (primary N) is 1. The molecule has 2 aliphatic carbocycles. The minimum atomic E-state index is -3.55. The Balaban J connectivity index is 0.000000222. The van der Waals surface area contributed by atoms with E-state index in [2.05, 4.69) is 20.8 Å². The minimum Gasteiger partial charge on any atom is -0.496 e. The van der Waals surface area contributed by atoms with Crippen LogP contribution in [0, 0.1) is 0 Å². The van der Waals surface area contributed by atoms with Crippen molar-refractivity contribution >= 4 is 68.2 Å². The van der Waals surface area contributed by atoms with Gasteiger partial charge in [-0.1, -0.05) is 12.1 Å². The number of carbonyl (C=O) groups excluding carboxylic acids is 4. The first kappa shape index (κ1) is 29.0. The predicted octanol–water partition coefficient (Wildman–Crippen LogP) is 10.5. The summed E-state index contributed by atoms with van der Waals surface area (Å²) in [6, 6.07) is 21.0. The number of anilines is 2. The van der Waals surface area contributed by atoms with Crippen molar-refractivity contribution < 1.29 is 72.3 Å². The number of nitrogen functional groups attached to an aromatic ring is 1. The first-order chi connectivity index (χ1) is 38.1. The Labute approximate surface area is 409 Å². The fourth-order valence-electron chi connectivity index (χ4n) is 6.84. The normalized spacial score (nSPS) is 24.8. The number of nitrogens with zero attached hydrogens (tertiary/aromatic N) is 2. The van der Waals surface area contributed by atoms with E-state index in [1.54, 1.807) is 49.6 Å². The molecule has 2 fully saturated rings. The van der Waals surface area contributed by atoms with Crippen molar-refractivity contribution in [2.75, 3.05) is 39.5 Å². The fraction of sp³-hybridized carbons (Fsp3) is 0.360. The van der Waals surface area contributed by atoms with Gasteiger partial charge in [-0.05, 0) is 134 Å². The van der Waals surface area contributed by atoms with Crippen LogP contribution in [0.25, 0.3) is 21.8 Å². The van der Waals surface area contributed by atoms with Gasteiger partial charge in [0.15, 0.2) is 0 Å². The molecule has 2 aliphatic rings. The van der Waals surface area contributed by atoms with Crippen LogP contribution in [0.2, 0.25) is 0 Å². The van der Waals surface area contributed by atoms with Gasteiger partial charge in [-0.25, -0.2) is 19.2 Å². The zero-order valence-electron chi connectivity index (χ0n) is 53.9. The second-order valence-corrected chi connectivity index (χ2v) is 14.3. The van der Waals surface area contributed by atoms with Gasteiger partial charge < -0.3 is 43.3 Å². The number of rotatable bonds is 11. The summed E-state index contributed by atoms with van der Waals surface area (Å²) in [5.74, 6) is 0.239. The van der Waals surface area contributed by atoms with E-state index in [-0.39, 0.29) is 11.7 Å². The average Bonchev–Trinajstić information content (AvgIpc) is 1.90. The van der Waals surface area contributed by atoms with E-state index in [4.69, 9.17) is 65.7 Å². The van der Waals surface area contributed by atoms with Crippen molar-refractivity contribution in [3.05, 3.63) is 119 Å². The molecule has 4 aromatic carbocycles. The lowest BCUT2D eigenvalue weighted by molar-refractivity contribution is 0.0591. The van der Waals surface area contributed by atoms with E-state index >= 15 is 0 Å². The smallest absolute Gasteiger partial charge is 0.411 e. The standard InChI is InChI=1S/C25H28N2O5.C19H20N2O3.C6H9ClO2/c1-27-15-18(12-16-8-9-17(24(28)31-3)13-23(16)30-2)21-14-19(10-11-22(21)27)26-25(29)32-20-6-4-5-7-20;1-21-11-14(16-10-15(20)6-7-17(16)21)8-12-4-5-13(19(22)24-3)9-18(12)23-2;7-6(8)9-5-3-1-2-4-5/h8-11,13-15,20H,4-7,12H2,1-3H3,(H,26,29);4-7,9-11H,8,20H2,1-3H3;5H,1-4H2/i4D2,5D2,6D2,7D2,20D;;1D2,2D2,3D2,4D2,5D. The highest BCUT2D eigenvalue weighted by Crippen LogP contribution is 2.32. The van der Waals surface area contributed by atoms with Gasteiger partial charge in [-0.15, -0.1) is 0 Å². The van der Waals surface area contributed by atoms with Crippen molar-refractivity contribution in [1.29, 1.82) is 0 Å². The molecule has 0 unspecified atom stereocenters. The summed E-state index contributed by atoms with van der Waals surface area (Å²) in [5.41, 5.74) is 11.5. The Morgan fingerprint density at radius 3 is 1.58 bits per heavy atom. The van der Waals surface area contributed by atoms with Gasteiger partial charge in [0.25, 0.3) is 0 Å². The quantitative estimate of drug-likeness (QED) is 0.0548. The third-order valence-electron chi connectivity index (χ3n) is 9.80. The number of esters is 2. The van der Waals surface area contributed by atoms with E-state index in [0.29, 0.717) is 40.9 Å². The van der Waals surface area contributed by atoms with Gasteiger partial charge in [-0.3, -0.25) is 5.32 Å². The molecule has 14 nitrogen and oxygen atoms in total. The van der Waals surface area contributed by atoms with Crippen LogP contribution in [0.5, 0.6) is 11.5 Å². The van der Waals surface area contributed by atoms with Crippen LogP contribution in [-0.4, -0.2) is 73.2 Å². The van der Waals surface area contributed by atoms with Crippen LogP contribution < -0.4 is 20.5 Å². The monoisotopic (exact) mass is 926 g/mol. The van der Waals surface area contributed by atoms with E-state index in [9.17, 15) is 19.2 Å². The second kappa shape index (κ2) is 22.3. The van der Waals surface area contributed by atoms with Gasteiger partial charge in [-0.2, -0.15) is 0 Å². The molecule has 0 radical (unpaired) electrons. The van der Waals surface area contributed by atoms with E-state index in [1.165, 1.54) is 27.4 Å². The molecule has 2 saturated carbocycles. The van der Waals surface area contributed by atoms with Crippen molar-refractivity contribution in [1.82, 2.24) is 9.13 Å². The molecule has 0 aliphatic heterocycles. The summed E-state index contributed by atoms with van der Waals surface area (Å²) < 4.78 is 172. The molecule has 3 N–H and O–H groups in total. The maximum atomic E-state index is 12.8. The molecule has 0 saturated heterocycles. The molecule has 2 heterocycles. The Bertz CT molecular complexity index is 3470. The topological polar surface area (TPSA) is 172 Å². The van der Waals surface area contributed by atoms with Crippen molar-refractivity contribution in [3.8, 4) is 11.5 Å². The molecule has 344 valence electrons. The molecule has 0 spiro atoms. The highest BCUT2D eigenvalue weighted by molar-refractivity contribution is 6.61. The Hall–Kier alpha value is -6.67. The van der Waals surface area contributed by atoms with Crippen LogP contribution >= 0.6 is 11.6 Å². The van der Waals surface area contributed by atoms with Crippen LogP contribution in [-0.2, 0) is 45.9 Å². The fourth-order valence-corrected chi connectivity index (χ4v) is 6.92. The SMILES string of the molecule is COC(=O)c1ccc(Cc2cn(C)c3ccc(N)cc23)c(OC)c1.[2H]C1([2H])C([2H])([2H])C([2H])([2H])C([2H])(OC(=O)Cl)C1([2H])[2H].[2H]C1([2H])C([2H])([2H])C([2H])([2H])C([2H])(OC(=O)Nc2ccc3c(c2)c(Cc2ccc(C(=O)OC)cc2OC)cn3C)C1([2H])[2H]. The number of carbonyl (C=O) groups is 4. The second-order valence-electron chi connectivity index (χ2n) is 13.9. The molecule has 65 heavy (non-hydrogen) atoms. The van der Waals surface area contributed by atoms with Crippen LogP contribution in [0.4, 0.5) is 21.0 Å². The number of fused-ring (bicyclic) bond motifs is 2.